The second kappa shape index (κ2) is 4.78. The van der Waals surface area contributed by atoms with Crippen LogP contribution in [0.25, 0.3) is 0 Å². The second-order valence-corrected chi connectivity index (χ2v) is 5.49. The van der Waals surface area contributed by atoms with Gasteiger partial charge in [-0.25, -0.2) is 4.79 Å². The second-order valence-electron chi connectivity index (χ2n) is 5.49. The fourth-order valence-electron chi connectivity index (χ4n) is 1.98. The van der Waals surface area contributed by atoms with Gasteiger partial charge in [0.2, 0.25) is 0 Å². The molecule has 1 saturated carbocycles. The molecule has 1 N–H and O–H groups in total. The SMILES string of the molecule is C#CC1(CNC(=O)OC(C)(C)C)CCCC1. The van der Waals surface area contributed by atoms with Gasteiger partial charge in [-0.05, 0) is 33.6 Å². The number of terminal acetylenes is 1. The number of hydrogen-bond acceptors (Lipinski definition) is 2. The van der Waals surface area contributed by atoms with Gasteiger partial charge in [0.25, 0.3) is 0 Å². The molecule has 1 aliphatic rings. The van der Waals surface area contributed by atoms with Crippen LogP contribution in [0, 0.1) is 17.8 Å². The minimum atomic E-state index is -0.455. The van der Waals surface area contributed by atoms with Crippen molar-refractivity contribution >= 4 is 6.09 Å². The van der Waals surface area contributed by atoms with Crippen LogP contribution in [0.1, 0.15) is 46.5 Å². The Morgan fingerprint density at radius 1 is 1.44 bits per heavy atom. The van der Waals surface area contributed by atoms with E-state index in [9.17, 15) is 4.79 Å². The Hall–Kier alpha value is -1.17. The first-order valence-electron chi connectivity index (χ1n) is 5.82. The molecule has 90 valence electrons. The molecule has 0 aromatic rings. The maximum absolute atomic E-state index is 11.5. The van der Waals surface area contributed by atoms with Gasteiger partial charge < -0.3 is 10.1 Å². The van der Waals surface area contributed by atoms with Crippen molar-refractivity contribution in [3.63, 3.8) is 0 Å². The van der Waals surface area contributed by atoms with E-state index in [1.807, 2.05) is 20.8 Å². The predicted octanol–water partition coefficient (Wildman–Crippen LogP) is 2.70. The van der Waals surface area contributed by atoms with Crippen molar-refractivity contribution in [2.45, 2.75) is 52.1 Å². The minimum absolute atomic E-state index is 0.142. The van der Waals surface area contributed by atoms with Gasteiger partial charge in [-0.2, -0.15) is 0 Å². The standard InChI is InChI=1S/C13H21NO2/c1-5-13(8-6-7-9-13)10-14-11(15)16-12(2,3)4/h1H,6-10H2,2-4H3,(H,14,15). The van der Waals surface area contributed by atoms with Crippen molar-refractivity contribution in [2.24, 2.45) is 5.41 Å². The molecule has 0 atom stereocenters. The summed E-state index contributed by atoms with van der Waals surface area (Å²) in [5.74, 6) is 2.83. The highest BCUT2D eigenvalue weighted by Crippen LogP contribution is 2.36. The number of carbonyl (C=O) groups is 1. The van der Waals surface area contributed by atoms with Crippen LogP contribution in [0.3, 0.4) is 0 Å². The molecule has 3 heteroatoms. The molecule has 0 unspecified atom stereocenters. The summed E-state index contributed by atoms with van der Waals surface area (Å²) >= 11 is 0. The van der Waals surface area contributed by atoms with E-state index in [0.29, 0.717) is 6.54 Å². The highest BCUT2D eigenvalue weighted by Gasteiger charge is 2.32. The molecule has 0 aromatic heterocycles. The van der Waals surface area contributed by atoms with Gasteiger partial charge in [-0.15, -0.1) is 6.42 Å². The Kier molecular flexibility index (Phi) is 3.85. The van der Waals surface area contributed by atoms with Crippen LogP contribution in [0.4, 0.5) is 4.79 Å². The summed E-state index contributed by atoms with van der Waals surface area (Å²) in [5, 5.41) is 2.77. The lowest BCUT2D eigenvalue weighted by molar-refractivity contribution is 0.0511. The number of alkyl carbamates (subject to hydrolysis) is 1. The average Bonchev–Trinajstić information content (AvgIpc) is 2.61. The predicted molar refractivity (Wildman–Crippen MR) is 64.0 cm³/mol. The average molecular weight is 223 g/mol. The molecule has 0 aliphatic heterocycles. The molecule has 0 radical (unpaired) electrons. The zero-order chi connectivity index (χ0) is 12.2. The van der Waals surface area contributed by atoms with Crippen LogP contribution in [0.5, 0.6) is 0 Å². The summed E-state index contributed by atoms with van der Waals surface area (Å²) in [7, 11) is 0. The molecule has 1 amide bonds. The lowest BCUT2D eigenvalue weighted by atomic mass is 9.87. The summed E-state index contributed by atoms with van der Waals surface area (Å²) in [6.45, 7) is 6.07. The third-order valence-corrected chi connectivity index (χ3v) is 2.84. The highest BCUT2D eigenvalue weighted by atomic mass is 16.6. The fourth-order valence-corrected chi connectivity index (χ4v) is 1.98. The molecule has 0 saturated heterocycles. The first-order chi connectivity index (χ1) is 7.37. The Balaban J connectivity index is 2.39. The monoisotopic (exact) mass is 223 g/mol. The van der Waals surface area contributed by atoms with Crippen molar-refractivity contribution < 1.29 is 9.53 Å². The molecular weight excluding hydrogens is 202 g/mol. The Morgan fingerprint density at radius 3 is 2.44 bits per heavy atom. The molecule has 1 aliphatic carbocycles. The molecule has 0 heterocycles. The fraction of sp³-hybridized carbons (Fsp3) is 0.769. The Morgan fingerprint density at radius 2 is 2.00 bits per heavy atom. The van der Waals surface area contributed by atoms with E-state index in [1.54, 1.807) is 0 Å². The molecule has 16 heavy (non-hydrogen) atoms. The van der Waals surface area contributed by atoms with Crippen LogP contribution in [-0.2, 0) is 4.74 Å². The van der Waals surface area contributed by atoms with Crippen molar-refractivity contribution in [3.05, 3.63) is 0 Å². The van der Waals surface area contributed by atoms with E-state index in [2.05, 4.69) is 11.2 Å². The maximum atomic E-state index is 11.5. The molecule has 0 aromatic carbocycles. The van der Waals surface area contributed by atoms with E-state index in [4.69, 9.17) is 11.2 Å². The van der Waals surface area contributed by atoms with E-state index in [-0.39, 0.29) is 11.5 Å². The van der Waals surface area contributed by atoms with E-state index < -0.39 is 5.60 Å². The van der Waals surface area contributed by atoms with Gasteiger partial charge >= 0.3 is 6.09 Å². The maximum Gasteiger partial charge on any atom is 0.407 e. The lowest BCUT2D eigenvalue weighted by Gasteiger charge is -2.25. The molecule has 0 spiro atoms. The molecule has 1 rings (SSSR count). The largest absolute Gasteiger partial charge is 0.444 e. The first kappa shape index (κ1) is 12.9. The quantitative estimate of drug-likeness (QED) is 0.731. The molecular formula is C13H21NO2. The third-order valence-electron chi connectivity index (χ3n) is 2.84. The summed E-state index contributed by atoms with van der Waals surface area (Å²) < 4.78 is 5.17. The number of amides is 1. The van der Waals surface area contributed by atoms with Crippen molar-refractivity contribution in [1.82, 2.24) is 5.32 Å². The van der Waals surface area contributed by atoms with Gasteiger partial charge in [-0.1, -0.05) is 18.8 Å². The number of hydrogen-bond donors (Lipinski definition) is 1. The first-order valence-corrected chi connectivity index (χ1v) is 5.82. The highest BCUT2D eigenvalue weighted by molar-refractivity contribution is 5.67. The molecule has 1 fully saturated rings. The van der Waals surface area contributed by atoms with Gasteiger partial charge in [0, 0.05) is 12.0 Å². The smallest absolute Gasteiger partial charge is 0.407 e. The summed E-state index contributed by atoms with van der Waals surface area (Å²) in [4.78, 5) is 11.5. The van der Waals surface area contributed by atoms with E-state index >= 15 is 0 Å². The summed E-state index contributed by atoms with van der Waals surface area (Å²) in [5.41, 5.74) is -0.597. The summed E-state index contributed by atoms with van der Waals surface area (Å²) in [6, 6.07) is 0. The minimum Gasteiger partial charge on any atom is -0.444 e. The van der Waals surface area contributed by atoms with Crippen molar-refractivity contribution in [1.29, 1.82) is 0 Å². The van der Waals surface area contributed by atoms with Crippen LogP contribution in [0.2, 0.25) is 0 Å². The van der Waals surface area contributed by atoms with Crippen molar-refractivity contribution in [3.8, 4) is 12.3 Å². The van der Waals surface area contributed by atoms with E-state index in [1.165, 1.54) is 0 Å². The van der Waals surface area contributed by atoms with Crippen LogP contribution in [0.15, 0.2) is 0 Å². The third kappa shape index (κ3) is 3.77. The van der Waals surface area contributed by atoms with Gasteiger partial charge in [0.15, 0.2) is 0 Å². The topological polar surface area (TPSA) is 38.3 Å². The Bertz CT molecular complexity index is 290. The van der Waals surface area contributed by atoms with Crippen molar-refractivity contribution in [2.75, 3.05) is 6.54 Å². The molecule has 3 nitrogen and oxygen atoms in total. The summed E-state index contributed by atoms with van der Waals surface area (Å²) in [6.07, 6.45) is 9.46. The number of rotatable bonds is 2. The lowest BCUT2D eigenvalue weighted by Crippen LogP contribution is -2.38. The van der Waals surface area contributed by atoms with Gasteiger partial charge in [-0.3, -0.25) is 0 Å². The van der Waals surface area contributed by atoms with E-state index in [0.717, 1.165) is 25.7 Å². The van der Waals surface area contributed by atoms with Gasteiger partial charge in [0.05, 0.1) is 0 Å². The number of ether oxygens (including phenoxy) is 1. The van der Waals surface area contributed by atoms with Crippen LogP contribution < -0.4 is 5.32 Å². The zero-order valence-electron chi connectivity index (χ0n) is 10.4. The van der Waals surface area contributed by atoms with Crippen LogP contribution in [-0.4, -0.2) is 18.2 Å². The van der Waals surface area contributed by atoms with Gasteiger partial charge in [0.1, 0.15) is 5.60 Å². The van der Waals surface area contributed by atoms with Crippen LogP contribution >= 0.6 is 0 Å². The zero-order valence-corrected chi connectivity index (χ0v) is 10.4. The Labute approximate surface area is 97.9 Å². The number of nitrogens with one attached hydrogen (secondary N) is 1. The number of carbonyl (C=O) groups excluding carboxylic acids is 1. The normalized spacial score (nSPS) is 18.9. The molecule has 0 bridgehead atoms.